The lowest BCUT2D eigenvalue weighted by Crippen LogP contribution is -2.44. The van der Waals surface area contributed by atoms with E-state index < -0.39 is 0 Å². The number of carbonyl (C=O) groups is 1. The summed E-state index contributed by atoms with van der Waals surface area (Å²) in [6.45, 7) is 0.584. The van der Waals surface area contributed by atoms with Gasteiger partial charge in [-0.25, -0.2) is 15.2 Å². The number of rotatable bonds is 7. The molecule has 10 heteroatoms. The number of hydrogen-bond acceptors (Lipinski definition) is 7. The van der Waals surface area contributed by atoms with Crippen molar-refractivity contribution in [3.8, 4) is 17.3 Å². The zero-order valence-corrected chi connectivity index (χ0v) is 17.6. The zero-order valence-electron chi connectivity index (χ0n) is 17.6. The smallest absolute Gasteiger partial charge is 0.238 e. The highest BCUT2D eigenvalue weighted by Crippen LogP contribution is 2.22. The molecule has 1 saturated heterocycles. The molecule has 1 amide bonds. The van der Waals surface area contributed by atoms with Gasteiger partial charge >= 0.3 is 0 Å². The summed E-state index contributed by atoms with van der Waals surface area (Å²) in [6, 6.07) is 19.0. The fourth-order valence-corrected chi connectivity index (χ4v) is 3.71. The van der Waals surface area contributed by atoms with Gasteiger partial charge in [0.05, 0.1) is 6.54 Å². The molecule has 1 aliphatic heterocycles. The average Bonchev–Trinajstić information content (AvgIpc) is 3.50. The third kappa shape index (κ3) is 4.66. The Morgan fingerprint density at radius 3 is 2.70 bits per heavy atom. The largest absolute Gasteiger partial charge is 0.475 e. The fraction of sp³-hybridized carbons (Fsp3) is 0.217. The van der Waals surface area contributed by atoms with Crippen LogP contribution in [0.3, 0.4) is 0 Å². The predicted octanol–water partition coefficient (Wildman–Crippen LogP) is 2.03. The molecular formula is C23H22FN7O2. The quantitative estimate of drug-likeness (QED) is 0.372. The summed E-state index contributed by atoms with van der Waals surface area (Å²) in [7, 11) is 0. The maximum absolute atomic E-state index is 13.1. The Bertz CT molecular complexity index is 1250. The summed E-state index contributed by atoms with van der Waals surface area (Å²) in [6.07, 6.45) is 0.562. The number of hydrazine groups is 1. The van der Waals surface area contributed by atoms with Crippen LogP contribution in [0, 0.1) is 5.82 Å². The minimum Gasteiger partial charge on any atom is -0.475 e. The third-order valence-electron chi connectivity index (χ3n) is 5.41. The van der Waals surface area contributed by atoms with E-state index in [1.165, 1.54) is 12.1 Å². The molecule has 2 aromatic carbocycles. The van der Waals surface area contributed by atoms with Crippen molar-refractivity contribution in [2.24, 2.45) is 0 Å². The summed E-state index contributed by atoms with van der Waals surface area (Å²) in [4.78, 5) is 12.5. The van der Waals surface area contributed by atoms with Crippen molar-refractivity contribution in [2.75, 3.05) is 13.2 Å². The van der Waals surface area contributed by atoms with Gasteiger partial charge in [0.2, 0.25) is 11.8 Å². The van der Waals surface area contributed by atoms with E-state index in [0.717, 1.165) is 11.1 Å². The van der Waals surface area contributed by atoms with E-state index in [-0.39, 0.29) is 30.4 Å². The number of nitrogens with one attached hydrogen (secondary N) is 3. The second-order valence-corrected chi connectivity index (χ2v) is 7.65. The van der Waals surface area contributed by atoms with Gasteiger partial charge in [-0.2, -0.15) is 4.52 Å². The van der Waals surface area contributed by atoms with Crippen LogP contribution in [0.25, 0.3) is 17.0 Å². The number of aromatic nitrogens is 4. The first-order valence-electron chi connectivity index (χ1n) is 10.6. The zero-order chi connectivity index (χ0) is 22.6. The molecule has 5 rings (SSSR count). The lowest BCUT2D eigenvalue weighted by Gasteiger charge is -2.11. The van der Waals surface area contributed by atoms with Crippen LogP contribution in [0.1, 0.15) is 18.0 Å². The van der Waals surface area contributed by atoms with Crippen LogP contribution in [0.15, 0.2) is 66.7 Å². The topological polar surface area (TPSA) is 105 Å². The molecule has 168 valence electrons. The van der Waals surface area contributed by atoms with Crippen LogP contribution in [0.5, 0.6) is 5.88 Å². The van der Waals surface area contributed by atoms with E-state index in [4.69, 9.17) is 4.74 Å². The van der Waals surface area contributed by atoms with Crippen molar-refractivity contribution in [3.63, 3.8) is 0 Å². The number of hydrogen-bond donors (Lipinski definition) is 3. The Morgan fingerprint density at radius 2 is 1.88 bits per heavy atom. The van der Waals surface area contributed by atoms with Crippen LogP contribution in [-0.4, -0.2) is 44.9 Å². The first-order chi connectivity index (χ1) is 16.2. The van der Waals surface area contributed by atoms with Gasteiger partial charge in [-0.3, -0.25) is 4.79 Å². The van der Waals surface area contributed by atoms with Gasteiger partial charge in [0.25, 0.3) is 0 Å². The molecule has 4 aromatic rings. The minimum absolute atomic E-state index is 0.0591. The van der Waals surface area contributed by atoms with Gasteiger partial charge < -0.3 is 10.1 Å². The molecule has 0 aliphatic carbocycles. The number of ether oxygens (including phenoxy) is 1. The van der Waals surface area contributed by atoms with E-state index in [0.29, 0.717) is 30.3 Å². The Kier molecular flexibility index (Phi) is 5.92. The Labute approximate surface area is 189 Å². The van der Waals surface area contributed by atoms with Gasteiger partial charge in [0.1, 0.15) is 18.5 Å². The van der Waals surface area contributed by atoms with Crippen LogP contribution < -0.4 is 20.9 Å². The molecule has 9 nitrogen and oxygen atoms in total. The normalized spacial score (nSPS) is 17.8. The molecule has 1 aliphatic rings. The van der Waals surface area contributed by atoms with Crippen molar-refractivity contribution in [2.45, 2.75) is 18.5 Å². The number of carbonyl (C=O) groups excluding carboxylic acids is 1. The number of amides is 1. The molecule has 3 heterocycles. The van der Waals surface area contributed by atoms with Gasteiger partial charge in [0, 0.05) is 17.7 Å². The SMILES string of the molecule is O=C(NCCOc1ccc2nnc(-c3ccccc3)n2n1)C1CC(c2ccc(F)cc2)NN1. The molecule has 2 unspecified atom stereocenters. The summed E-state index contributed by atoms with van der Waals surface area (Å²) < 4.78 is 20.5. The van der Waals surface area contributed by atoms with Crippen LogP contribution in [0.4, 0.5) is 4.39 Å². The average molecular weight is 447 g/mol. The van der Waals surface area contributed by atoms with E-state index in [1.807, 2.05) is 30.3 Å². The number of benzene rings is 2. The highest BCUT2D eigenvalue weighted by atomic mass is 19.1. The fourth-order valence-electron chi connectivity index (χ4n) is 3.71. The summed E-state index contributed by atoms with van der Waals surface area (Å²) in [5, 5.41) is 15.7. The second-order valence-electron chi connectivity index (χ2n) is 7.65. The third-order valence-corrected chi connectivity index (χ3v) is 5.41. The van der Waals surface area contributed by atoms with E-state index >= 15 is 0 Å². The summed E-state index contributed by atoms with van der Waals surface area (Å²) in [5.74, 6) is 0.614. The van der Waals surface area contributed by atoms with Gasteiger partial charge in [-0.05, 0) is 30.2 Å². The van der Waals surface area contributed by atoms with Crippen molar-refractivity contribution in [1.29, 1.82) is 0 Å². The van der Waals surface area contributed by atoms with Gasteiger partial charge in [-0.1, -0.05) is 42.5 Å². The van der Waals surface area contributed by atoms with Crippen molar-refractivity contribution < 1.29 is 13.9 Å². The molecule has 3 N–H and O–H groups in total. The van der Waals surface area contributed by atoms with Crippen LogP contribution in [0.2, 0.25) is 0 Å². The second kappa shape index (κ2) is 9.31. The lowest BCUT2D eigenvalue weighted by molar-refractivity contribution is -0.123. The number of fused-ring (bicyclic) bond motifs is 1. The highest BCUT2D eigenvalue weighted by molar-refractivity contribution is 5.82. The lowest BCUT2D eigenvalue weighted by atomic mass is 10.0. The van der Waals surface area contributed by atoms with E-state index in [9.17, 15) is 9.18 Å². The molecule has 0 radical (unpaired) electrons. The molecule has 33 heavy (non-hydrogen) atoms. The molecule has 0 saturated carbocycles. The molecule has 0 bridgehead atoms. The molecular weight excluding hydrogens is 425 g/mol. The maximum Gasteiger partial charge on any atom is 0.238 e. The Morgan fingerprint density at radius 1 is 1.06 bits per heavy atom. The van der Waals surface area contributed by atoms with Crippen molar-refractivity contribution in [1.82, 2.24) is 36.0 Å². The monoisotopic (exact) mass is 447 g/mol. The first-order valence-corrected chi connectivity index (χ1v) is 10.6. The Balaban J connectivity index is 1.13. The van der Waals surface area contributed by atoms with Crippen LogP contribution in [-0.2, 0) is 4.79 Å². The standard InChI is InChI=1S/C23H22FN7O2/c24-17-8-6-15(7-9-17)18-14-19(27-26-18)23(32)25-12-13-33-21-11-10-20-28-29-22(31(20)30-21)16-4-2-1-3-5-16/h1-11,18-19,26-27H,12-14H2,(H,25,32). The van der Waals surface area contributed by atoms with Gasteiger partial charge in [-0.15, -0.1) is 15.3 Å². The summed E-state index contributed by atoms with van der Waals surface area (Å²) in [5.41, 5.74) is 8.52. The van der Waals surface area contributed by atoms with Gasteiger partial charge in [0.15, 0.2) is 11.5 Å². The molecule has 0 spiro atoms. The van der Waals surface area contributed by atoms with Crippen molar-refractivity contribution >= 4 is 11.6 Å². The minimum atomic E-state index is -0.389. The maximum atomic E-state index is 13.1. The molecule has 1 fully saturated rings. The van der Waals surface area contributed by atoms with E-state index in [1.54, 1.807) is 28.8 Å². The highest BCUT2D eigenvalue weighted by Gasteiger charge is 2.29. The van der Waals surface area contributed by atoms with E-state index in [2.05, 4.69) is 31.5 Å². The number of nitrogens with zero attached hydrogens (tertiary/aromatic N) is 4. The molecule has 2 aromatic heterocycles. The van der Waals surface area contributed by atoms with Crippen molar-refractivity contribution in [3.05, 3.63) is 78.1 Å². The Hall–Kier alpha value is -3.89. The predicted molar refractivity (Wildman–Crippen MR) is 119 cm³/mol. The first kappa shape index (κ1) is 21.0. The summed E-state index contributed by atoms with van der Waals surface area (Å²) >= 11 is 0. The number of halogens is 1. The molecule has 2 atom stereocenters. The van der Waals surface area contributed by atoms with Crippen LogP contribution >= 0.6 is 0 Å².